The monoisotopic (exact) mass is 261 g/mol. The molecule has 0 aromatic heterocycles. The Balaban J connectivity index is 3.32. The highest BCUT2D eigenvalue weighted by atomic mass is 32.3. The fourth-order valence-corrected chi connectivity index (χ4v) is 2.29. The summed E-state index contributed by atoms with van der Waals surface area (Å²) in [6.07, 6.45) is 0. The van der Waals surface area contributed by atoms with Gasteiger partial charge in [-0.2, -0.15) is 0 Å². The summed E-state index contributed by atoms with van der Waals surface area (Å²) in [6, 6.07) is 3.04. The van der Waals surface area contributed by atoms with E-state index in [1.165, 1.54) is 12.1 Å². The first kappa shape index (κ1) is 13.3. The zero-order chi connectivity index (χ0) is 12.5. The van der Waals surface area contributed by atoms with Gasteiger partial charge in [0.05, 0.1) is 28.2 Å². The van der Waals surface area contributed by atoms with Crippen LogP contribution in [0.25, 0.3) is 0 Å². The summed E-state index contributed by atoms with van der Waals surface area (Å²) in [5.41, 5.74) is 2.83. The molecule has 0 N–H and O–H groups in total. The van der Waals surface area contributed by atoms with E-state index in [0.717, 1.165) is 16.7 Å². The lowest BCUT2D eigenvalue weighted by Crippen LogP contribution is -2.27. The van der Waals surface area contributed by atoms with Crippen molar-refractivity contribution in [3.05, 3.63) is 28.8 Å². The van der Waals surface area contributed by atoms with Crippen LogP contribution >= 0.6 is 0 Å². The zero-order valence-corrected chi connectivity index (χ0v) is 10.7. The van der Waals surface area contributed by atoms with E-state index in [1.807, 2.05) is 6.92 Å². The van der Waals surface area contributed by atoms with Crippen molar-refractivity contribution in [2.75, 3.05) is 3.71 Å². The molecular weight excluding hydrogens is 250 g/mol. The zero-order valence-electron chi connectivity index (χ0n) is 9.05. The SMILES string of the molecule is Cc1cc(N(S(=O)[O-])S(=O)[O-])cc(C)c1C. The molecule has 1 rings (SSSR count). The summed E-state index contributed by atoms with van der Waals surface area (Å²) >= 11 is -5.67. The summed E-state index contributed by atoms with van der Waals surface area (Å²) in [6.45, 7) is 5.48. The summed E-state index contributed by atoms with van der Waals surface area (Å²) < 4.78 is 43.4. The van der Waals surface area contributed by atoms with Crippen LogP contribution in [0.5, 0.6) is 0 Å². The van der Waals surface area contributed by atoms with Crippen molar-refractivity contribution in [3.63, 3.8) is 0 Å². The third kappa shape index (κ3) is 2.67. The standard InChI is InChI=1S/C9H13NO4S2/c1-6-4-9(5-7(2)8(6)3)10(15(11)12)16(13)14/h4-5H,1-3H3,(H,11,12)(H,13,14)/p-2. The summed E-state index contributed by atoms with van der Waals surface area (Å²) in [4.78, 5) is 0. The molecule has 7 heteroatoms. The average molecular weight is 261 g/mol. The maximum atomic E-state index is 10.8. The summed E-state index contributed by atoms with van der Waals surface area (Å²) in [7, 11) is 0. The second kappa shape index (κ2) is 5.05. The molecule has 0 amide bonds. The molecule has 0 aliphatic heterocycles. The normalized spacial score (nSPS) is 14.6. The molecule has 0 aliphatic rings. The number of aryl methyl sites for hydroxylation is 2. The molecule has 0 radical (unpaired) electrons. The topological polar surface area (TPSA) is 83.5 Å². The van der Waals surface area contributed by atoms with Crippen LogP contribution in [0.1, 0.15) is 16.7 Å². The van der Waals surface area contributed by atoms with Crippen molar-refractivity contribution in [3.8, 4) is 0 Å². The second-order valence-electron chi connectivity index (χ2n) is 3.40. The molecule has 0 bridgehead atoms. The van der Waals surface area contributed by atoms with Crippen molar-refractivity contribution in [2.45, 2.75) is 20.8 Å². The number of anilines is 1. The van der Waals surface area contributed by atoms with Crippen LogP contribution in [-0.4, -0.2) is 17.5 Å². The van der Waals surface area contributed by atoms with Gasteiger partial charge in [0.25, 0.3) is 0 Å². The Bertz CT molecular complexity index is 424. The van der Waals surface area contributed by atoms with E-state index in [9.17, 15) is 17.5 Å². The van der Waals surface area contributed by atoms with Gasteiger partial charge in [0.15, 0.2) is 0 Å². The molecular formula is C9H11NO4S2-2. The molecule has 1 aromatic carbocycles. The molecule has 0 fully saturated rings. The van der Waals surface area contributed by atoms with Crippen LogP contribution in [0.15, 0.2) is 12.1 Å². The van der Waals surface area contributed by atoms with Crippen LogP contribution in [0, 0.1) is 20.8 Å². The van der Waals surface area contributed by atoms with Gasteiger partial charge in [-0.05, 0) is 49.6 Å². The predicted molar refractivity (Wildman–Crippen MR) is 61.0 cm³/mol. The van der Waals surface area contributed by atoms with Crippen LogP contribution in [0.3, 0.4) is 0 Å². The van der Waals surface area contributed by atoms with Crippen LogP contribution in [0.4, 0.5) is 5.69 Å². The Morgan fingerprint density at radius 3 is 1.69 bits per heavy atom. The van der Waals surface area contributed by atoms with Crippen molar-refractivity contribution in [1.29, 1.82) is 0 Å². The first-order valence-corrected chi connectivity index (χ1v) is 6.47. The van der Waals surface area contributed by atoms with Crippen molar-refractivity contribution in [2.24, 2.45) is 0 Å². The molecule has 0 spiro atoms. The first-order chi connectivity index (χ1) is 7.34. The van der Waals surface area contributed by atoms with E-state index in [2.05, 4.69) is 0 Å². The Morgan fingerprint density at radius 2 is 1.38 bits per heavy atom. The number of nitrogens with zero attached hydrogens (tertiary/aromatic N) is 1. The van der Waals surface area contributed by atoms with Gasteiger partial charge in [0.2, 0.25) is 0 Å². The second-order valence-corrected chi connectivity index (χ2v) is 5.23. The third-order valence-corrected chi connectivity index (χ3v) is 4.09. The maximum absolute atomic E-state index is 10.8. The average Bonchev–Trinajstić information content (AvgIpc) is 2.12. The van der Waals surface area contributed by atoms with Gasteiger partial charge in [-0.15, -0.1) is 0 Å². The van der Waals surface area contributed by atoms with Crippen molar-refractivity contribution >= 4 is 28.2 Å². The fourth-order valence-electron chi connectivity index (χ4n) is 1.34. The number of benzene rings is 1. The molecule has 1 aromatic rings. The van der Waals surface area contributed by atoms with Crippen molar-refractivity contribution in [1.82, 2.24) is 0 Å². The smallest absolute Gasteiger partial charge is 0.0626 e. The minimum absolute atomic E-state index is 0.127. The molecule has 0 saturated carbocycles. The number of hydrogen-bond donors (Lipinski definition) is 0. The highest BCUT2D eigenvalue weighted by Gasteiger charge is 2.10. The largest absolute Gasteiger partial charge is 0.754 e. The van der Waals surface area contributed by atoms with Gasteiger partial charge >= 0.3 is 0 Å². The Labute approximate surface area is 99.3 Å². The quantitative estimate of drug-likeness (QED) is 0.760. The minimum atomic E-state index is -2.84. The fraction of sp³-hybridized carbons (Fsp3) is 0.333. The highest BCUT2D eigenvalue weighted by molar-refractivity contribution is 7.98. The molecule has 5 nitrogen and oxygen atoms in total. The number of hydrogen-bond acceptors (Lipinski definition) is 4. The molecule has 90 valence electrons. The lowest BCUT2D eigenvalue weighted by atomic mass is 10.0. The molecule has 0 aliphatic carbocycles. The van der Waals surface area contributed by atoms with Crippen molar-refractivity contribution < 1.29 is 17.5 Å². The molecule has 0 heterocycles. The lowest BCUT2D eigenvalue weighted by molar-refractivity contribution is 0.523. The highest BCUT2D eigenvalue weighted by Crippen LogP contribution is 2.24. The molecule has 0 saturated heterocycles. The molecule has 2 unspecified atom stereocenters. The van der Waals surface area contributed by atoms with E-state index in [-0.39, 0.29) is 5.69 Å². The van der Waals surface area contributed by atoms with Crippen LogP contribution in [-0.2, 0) is 22.5 Å². The Morgan fingerprint density at radius 1 is 1.00 bits per heavy atom. The van der Waals surface area contributed by atoms with E-state index in [4.69, 9.17) is 0 Å². The lowest BCUT2D eigenvalue weighted by Gasteiger charge is -2.28. The van der Waals surface area contributed by atoms with E-state index < -0.39 is 22.5 Å². The maximum Gasteiger partial charge on any atom is 0.0626 e. The molecule has 2 atom stereocenters. The van der Waals surface area contributed by atoms with E-state index in [1.54, 1.807) is 13.8 Å². The van der Waals surface area contributed by atoms with Gasteiger partial charge in [0.1, 0.15) is 0 Å². The van der Waals surface area contributed by atoms with Gasteiger partial charge in [-0.25, -0.2) is 3.71 Å². The number of rotatable bonds is 3. The van der Waals surface area contributed by atoms with Gasteiger partial charge in [-0.3, -0.25) is 8.42 Å². The van der Waals surface area contributed by atoms with Gasteiger partial charge < -0.3 is 9.11 Å². The molecule has 16 heavy (non-hydrogen) atoms. The Hall–Kier alpha value is -0.760. The summed E-state index contributed by atoms with van der Waals surface area (Å²) in [5.74, 6) is 0. The van der Waals surface area contributed by atoms with Gasteiger partial charge in [-0.1, -0.05) is 0 Å². The van der Waals surface area contributed by atoms with E-state index >= 15 is 0 Å². The predicted octanol–water partition coefficient (Wildman–Crippen LogP) is 1.01. The summed E-state index contributed by atoms with van der Waals surface area (Å²) in [5, 5.41) is 0. The van der Waals surface area contributed by atoms with Crippen LogP contribution in [0.2, 0.25) is 0 Å². The van der Waals surface area contributed by atoms with Gasteiger partial charge in [0, 0.05) is 0 Å². The minimum Gasteiger partial charge on any atom is -0.754 e. The first-order valence-electron chi connectivity index (χ1n) is 4.41. The van der Waals surface area contributed by atoms with E-state index in [0.29, 0.717) is 3.71 Å². The van der Waals surface area contributed by atoms with Crippen LogP contribution < -0.4 is 3.71 Å². The third-order valence-electron chi connectivity index (χ3n) is 2.39. The Kier molecular flexibility index (Phi) is 4.20.